The SMILES string of the molecule is c1ccc(-c2cc(-c3ccccc3-n3c4ccccc4c4ccccc43)ccc2N(c2ccc(-c3cccc(-c4ccc5ccccc5c4)c3)cc2)c2cccc3ccccc23)cc1. The van der Waals surface area contributed by atoms with Crippen molar-refractivity contribution in [1.29, 1.82) is 0 Å². The summed E-state index contributed by atoms with van der Waals surface area (Å²) in [5.41, 5.74) is 16.3. The second-order valence-electron chi connectivity index (χ2n) is 16.5. The monoisotopic (exact) mass is 814 g/mol. The lowest BCUT2D eigenvalue weighted by Gasteiger charge is -2.30. The molecule has 1 heterocycles. The van der Waals surface area contributed by atoms with Crippen LogP contribution in [0.2, 0.25) is 0 Å². The third-order valence-electron chi connectivity index (χ3n) is 12.8. The number of rotatable bonds is 8. The number of benzene rings is 11. The van der Waals surface area contributed by atoms with Crippen LogP contribution < -0.4 is 4.90 Å². The highest BCUT2D eigenvalue weighted by Gasteiger charge is 2.22. The first-order valence-corrected chi connectivity index (χ1v) is 22.0. The van der Waals surface area contributed by atoms with E-state index in [2.05, 4.69) is 264 Å². The van der Waals surface area contributed by atoms with E-state index in [-0.39, 0.29) is 0 Å². The Morgan fingerprint density at radius 1 is 0.266 bits per heavy atom. The predicted octanol–water partition coefficient (Wildman–Crippen LogP) is 17.2. The highest BCUT2D eigenvalue weighted by atomic mass is 15.1. The number of nitrogens with zero attached hydrogens (tertiary/aromatic N) is 2. The Morgan fingerprint density at radius 3 is 1.59 bits per heavy atom. The summed E-state index contributed by atoms with van der Waals surface area (Å²) in [6.45, 7) is 0. The average Bonchev–Trinajstić information content (AvgIpc) is 3.71. The molecule has 64 heavy (non-hydrogen) atoms. The molecule has 0 atom stereocenters. The van der Waals surface area contributed by atoms with Crippen molar-refractivity contribution in [3.05, 3.63) is 255 Å². The molecule has 0 aliphatic rings. The Morgan fingerprint density at radius 2 is 0.812 bits per heavy atom. The Hall–Kier alpha value is -8.46. The Balaban J connectivity index is 1.01. The van der Waals surface area contributed by atoms with Gasteiger partial charge in [-0.05, 0) is 110 Å². The van der Waals surface area contributed by atoms with Gasteiger partial charge in [-0.25, -0.2) is 0 Å². The summed E-state index contributed by atoms with van der Waals surface area (Å²) in [5.74, 6) is 0. The fourth-order valence-electron chi connectivity index (χ4n) is 9.70. The zero-order valence-electron chi connectivity index (χ0n) is 35.1. The highest BCUT2D eigenvalue weighted by molar-refractivity contribution is 6.10. The van der Waals surface area contributed by atoms with E-state index in [9.17, 15) is 0 Å². The molecule has 0 spiro atoms. The zero-order chi connectivity index (χ0) is 42.4. The summed E-state index contributed by atoms with van der Waals surface area (Å²) < 4.78 is 2.43. The van der Waals surface area contributed by atoms with Gasteiger partial charge in [-0.15, -0.1) is 0 Å². The average molecular weight is 815 g/mol. The van der Waals surface area contributed by atoms with Gasteiger partial charge in [0, 0.05) is 33.0 Å². The number of hydrogen-bond acceptors (Lipinski definition) is 1. The molecule has 0 unspecified atom stereocenters. The van der Waals surface area contributed by atoms with Gasteiger partial charge < -0.3 is 9.47 Å². The van der Waals surface area contributed by atoms with E-state index in [1.54, 1.807) is 0 Å². The van der Waals surface area contributed by atoms with Crippen molar-refractivity contribution in [1.82, 2.24) is 4.57 Å². The lowest BCUT2D eigenvalue weighted by atomic mass is 9.94. The smallest absolute Gasteiger partial charge is 0.0541 e. The van der Waals surface area contributed by atoms with Crippen LogP contribution in [-0.4, -0.2) is 4.57 Å². The zero-order valence-corrected chi connectivity index (χ0v) is 35.1. The van der Waals surface area contributed by atoms with Crippen molar-refractivity contribution in [2.75, 3.05) is 4.90 Å². The van der Waals surface area contributed by atoms with E-state index in [0.29, 0.717) is 0 Å². The van der Waals surface area contributed by atoms with Crippen molar-refractivity contribution in [2.24, 2.45) is 0 Å². The van der Waals surface area contributed by atoms with Crippen LogP contribution in [0, 0.1) is 0 Å². The third-order valence-corrected chi connectivity index (χ3v) is 12.8. The second-order valence-corrected chi connectivity index (χ2v) is 16.5. The maximum Gasteiger partial charge on any atom is 0.0541 e. The van der Waals surface area contributed by atoms with E-state index in [1.165, 1.54) is 71.2 Å². The summed E-state index contributed by atoms with van der Waals surface area (Å²) >= 11 is 0. The summed E-state index contributed by atoms with van der Waals surface area (Å²) in [6.07, 6.45) is 0. The molecule has 0 aliphatic heterocycles. The minimum Gasteiger partial charge on any atom is -0.309 e. The van der Waals surface area contributed by atoms with Crippen LogP contribution >= 0.6 is 0 Å². The summed E-state index contributed by atoms with van der Waals surface area (Å²) in [6, 6.07) is 92.8. The molecular formula is C62H42N2. The molecular weight excluding hydrogens is 773 g/mol. The normalized spacial score (nSPS) is 11.4. The molecule has 0 saturated heterocycles. The first-order valence-electron chi connectivity index (χ1n) is 22.0. The molecule has 0 saturated carbocycles. The van der Waals surface area contributed by atoms with Crippen molar-refractivity contribution in [2.45, 2.75) is 0 Å². The van der Waals surface area contributed by atoms with Gasteiger partial charge in [-0.3, -0.25) is 0 Å². The summed E-state index contributed by atoms with van der Waals surface area (Å²) in [7, 11) is 0. The van der Waals surface area contributed by atoms with Gasteiger partial charge in [0.25, 0.3) is 0 Å². The largest absolute Gasteiger partial charge is 0.309 e. The molecule has 1 aromatic heterocycles. The van der Waals surface area contributed by atoms with Crippen LogP contribution in [0.15, 0.2) is 255 Å². The number of para-hydroxylation sites is 3. The lowest BCUT2D eigenvalue weighted by molar-refractivity contribution is 1.18. The van der Waals surface area contributed by atoms with Crippen molar-refractivity contribution in [3.8, 4) is 50.2 Å². The van der Waals surface area contributed by atoms with E-state index in [0.717, 1.165) is 39.4 Å². The van der Waals surface area contributed by atoms with Crippen LogP contribution in [0.4, 0.5) is 17.1 Å². The van der Waals surface area contributed by atoms with Crippen molar-refractivity contribution < 1.29 is 0 Å². The van der Waals surface area contributed by atoms with Gasteiger partial charge in [0.1, 0.15) is 0 Å². The molecule has 0 fully saturated rings. The van der Waals surface area contributed by atoms with Crippen LogP contribution in [0.1, 0.15) is 0 Å². The Kier molecular flexibility index (Phi) is 9.20. The molecule has 2 nitrogen and oxygen atoms in total. The van der Waals surface area contributed by atoms with Crippen LogP contribution in [0.25, 0.3) is 93.5 Å². The number of anilines is 3. The van der Waals surface area contributed by atoms with Gasteiger partial charge in [-0.1, -0.05) is 194 Å². The minimum absolute atomic E-state index is 1.08. The quantitative estimate of drug-likeness (QED) is 0.148. The minimum atomic E-state index is 1.08. The molecule has 11 aromatic carbocycles. The molecule has 12 aromatic rings. The van der Waals surface area contributed by atoms with Gasteiger partial charge in [0.15, 0.2) is 0 Å². The maximum absolute atomic E-state index is 2.45. The molecule has 2 heteroatoms. The van der Waals surface area contributed by atoms with Gasteiger partial charge >= 0.3 is 0 Å². The standard InChI is InChI=1S/C62H42N2/c1-2-17-46(18-3-1)57-42-51(54-25-8-11-28-59(54)64-60-29-12-9-26-55(60)56-27-10-13-30-61(56)64)36-39-62(57)63(58-31-15-21-45-19-6-7-24-53(45)58)52-37-34-44(35-38-52)48-22-14-23-49(40-48)50-33-32-43-16-4-5-20-47(43)41-50/h1-42H. The molecule has 0 bridgehead atoms. The van der Waals surface area contributed by atoms with Crippen molar-refractivity contribution in [3.63, 3.8) is 0 Å². The molecule has 0 amide bonds. The Labute approximate surface area is 373 Å². The number of hydrogen-bond donors (Lipinski definition) is 0. The highest BCUT2D eigenvalue weighted by Crippen LogP contribution is 2.46. The first-order chi connectivity index (χ1) is 31.7. The number of aromatic nitrogens is 1. The van der Waals surface area contributed by atoms with Gasteiger partial charge in [0.2, 0.25) is 0 Å². The molecule has 0 N–H and O–H groups in total. The molecule has 12 rings (SSSR count). The molecule has 0 aliphatic carbocycles. The second kappa shape index (κ2) is 15.8. The maximum atomic E-state index is 2.45. The fraction of sp³-hybridized carbons (Fsp3) is 0. The first kappa shape index (κ1) is 37.3. The van der Waals surface area contributed by atoms with E-state index >= 15 is 0 Å². The molecule has 300 valence electrons. The topological polar surface area (TPSA) is 8.17 Å². The Bertz CT molecular complexity index is 3610. The van der Waals surface area contributed by atoms with Gasteiger partial charge in [0.05, 0.1) is 28.1 Å². The van der Waals surface area contributed by atoms with Crippen LogP contribution in [0.3, 0.4) is 0 Å². The van der Waals surface area contributed by atoms with Crippen LogP contribution in [-0.2, 0) is 0 Å². The van der Waals surface area contributed by atoms with Crippen molar-refractivity contribution >= 4 is 60.4 Å². The third kappa shape index (κ3) is 6.52. The summed E-state index contributed by atoms with van der Waals surface area (Å²) in [5, 5.41) is 7.40. The van der Waals surface area contributed by atoms with E-state index in [4.69, 9.17) is 0 Å². The predicted molar refractivity (Wildman–Crippen MR) is 272 cm³/mol. The lowest BCUT2D eigenvalue weighted by Crippen LogP contribution is -2.12. The summed E-state index contributed by atoms with van der Waals surface area (Å²) in [4.78, 5) is 2.45. The van der Waals surface area contributed by atoms with E-state index in [1.807, 2.05) is 0 Å². The fourth-order valence-corrected chi connectivity index (χ4v) is 9.70. The van der Waals surface area contributed by atoms with Crippen LogP contribution in [0.5, 0.6) is 0 Å². The van der Waals surface area contributed by atoms with Gasteiger partial charge in [-0.2, -0.15) is 0 Å². The molecule has 0 radical (unpaired) electrons. The van der Waals surface area contributed by atoms with E-state index < -0.39 is 0 Å². The number of fused-ring (bicyclic) bond motifs is 5.